The topological polar surface area (TPSA) is 50.5 Å². The summed E-state index contributed by atoms with van der Waals surface area (Å²) in [7, 11) is 0. The summed E-state index contributed by atoms with van der Waals surface area (Å²) in [5.41, 5.74) is 1.94. The van der Waals surface area contributed by atoms with E-state index in [1.54, 1.807) is 0 Å². The molecule has 0 fully saturated rings. The number of rotatable bonds is 7. The van der Waals surface area contributed by atoms with Gasteiger partial charge in [-0.05, 0) is 38.0 Å². The lowest BCUT2D eigenvalue weighted by atomic mass is 10.1. The second-order valence-electron chi connectivity index (χ2n) is 6.88. The molecule has 0 aliphatic carbocycles. The van der Waals surface area contributed by atoms with Gasteiger partial charge in [0.2, 0.25) is 4.96 Å². The zero-order valence-electron chi connectivity index (χ0n) is 16.0. The monoisotopic (exact) mass is 410 g/mol. The molecule has 5 nitrogen and oxygen atoms in total. The van der Waals surface area contributed by atoms with E-state index in [-0.39, 0.29) is 5.56 Å². The Bertz CT molecular complexity index is 1130. The minimum absolute atomic E-state index is 0.116. The van der Waals surface area contributed by atoms with Crippen molar-refractivity contribution in [2.75, 3.05) is 6.54 Å². The van der Waals surface area contributed by atoms with Crippen molar-refractivity contribution >= 4 is 27.6 Å². The third-order valence-electron chi connectivity index (χ3n) is 4.51. The van der Waals surface area contributed by atoms with Crippen LogP contribution in [0.3, 0.4) is 0 Å². The molecule has 0 saturated heterocycles. The first-order valence-corrected chi connectivity index (χ1v) is 10.9. The first kappa shape index (κ1) is 19.0. The second kappa shape index (κ2) is 8.34. The number of aromatic nitrogens is 3. The zero-order chi connectivity index (χ0) is 19.5. The molecule has 0 saturated carbocycles. The molecule has 0 aliphatic heterocycles. The summed E-state index contributed by atoms with van der Waals surface area (Å²) in [5, 5.41) is 5.43. The largest absolute Gasteiger partial charge is 0.291 e. The molecule has 3 aromatic heterocycles. The number of thiophene rings is 1. The molecule has 28 heavy (non-hydrogen) atoms. The van der Waals surface area contributed by atoms with Gasteiger partial charge in [-0.2, -0.15) is 9.61 Å². The lowest BCUT2D eigenvalue weighted by Crippen LogP contribution is -2.25. The average molecular weight is 411 g/mol. The summed E-state index contributed by atoms with van der Waals surface area (Å²) >= 11 is 3.33. The number of hydrogen-bond donors (Lipinski definition) is 0. The summed E-state index contributed by atoms with van der Waals surface area (Å²) in [6.45, 7) is 6.49. The van der Waals surface area contributed by atoms with Crippen molar-refractivity contribution < 1.29 is 0 Å². The molecule has 7 heteroatoms. The second-order valence-corrected chi connectivity index (χ2v) is 9.30. The van der Waals surface area contributed by atoms with Crippen molar-refractivity contribution in [3.63, 3.8) is 0 Å². The Hall–Kier alpha value is -2.35. The highest BCUT2D eigenvalue weighted by molar-refractivity contribution is 7.16. The van der Waals surface area contributed by atoms with E-state index in [1.807, 2.05) is 24.3 Å². The van der Waals surface area contributed by atoms with Crippen LogP contribution in [0.1, 0.15) is 26.0 Å². The van der Waals surface area contributed by atoms with Crippen LogP contribution in [-0.4, -0.2) is 26.0 Å². The first-order valence-electron chi connectivity index (χ1n) is 9.25. The van der Waals surface area contributed by atoms with Gasteiger partial charge in [-0.15, -0.1) is 11.3 Å². The predicted molar refractivity (Wildman–Crippen MR) is 115 cm³/mol. The maximum atomic E-state index is 12.2. The van der Waals surface area contributed by atoms with E-state index >= 15 is 0 Å². The van der Waals surface area contributed by atoms with Gasteiger partial charge in [0, 0.05) is 34.6 Å². The van der Waals surface area contributed by atoms with Gasteiger partial charge in [0.15, 0.2) is 0 Å². The molecule has 4 aromatic rings. The molecule has 0 bridgehead atoms. The number of nitrogens with zero attached hydrogens (tertiary/aromatic N) is 4. The molecule has 0 aliphatic rings. The Kier molecular flexibility index (Phi) is 5.66. The average Bonchev–Trinajstić information content (AvgIpc) is 3.26. The molecular weight excluding hydrogens is 388 g/mol. The fraction of sp³-hybridized carbons (Fsp3) is 0.286. The molecule has 144 valence electrons. The molecule has 0 amide bonds. The Morgan fingerprint density at radius 3 is 2.61 bits per heavy atom. The SMILES string of the molecule is Cc1cc(=O)n2nc(CN(CCc3ccccc3)Cc3ccc(C)s3)sc2n1. The van der Waals surface area contributed by atoms with E-state index in [2.05, 4.69) is 58.3 Å². The molecular formula is C21H22N4OS2. The predicted octanol–water partition coefficient (Wildman–Crippen LogP) is 4.07. The maximum absolute atomic E-state index is 12.2. The van der Waals surface area contributed by atoms with Crippen LogP contribution in [0.5, 0.6) is 0 Å². The van der Waals surface area contributed by atoms with Crippen LogP contribution in [0, 0.1) is 13.8 Å². The lowest BCUT2D eigenvalue weighted by Gasteiger charge is -2.20. The Labute approximate surface area is 171 Å². The van der Waals surface area contributed by atoms with Gasteiger partial charge in [-0.1, -0.05) is 41.7 Å². The third kappa shape index (κ3) is 4.55. The van der Waals surface area contributed by atoms with Crippen LogP contribution >= 0.6 is 22.7 Å². The van der Waals surface area contributed by atoms with E-state index in [0.717, 1.165) is 30.2 Å². The number of aryl methyl sites for hydroxylation is 2. The normalized spacial score (nSPS) is 11.5. The standard InChI is InChI=1S/C21H22N4OS2/c1-15-12-20(26)25-21(22-15)28-19(23-25)14-24(13-18-9-8-16(2)27-18)11-10-17-6-4-3-5-7-17/h3-9,12H,10-11,13-14H2,1-2H3. The molecule has 0 unspecified atom stereocenters. The summed E-state index contributed by atoms with van der Waals surface area (Å²) in [6, 6.07) is 16.4. The molecule has 0 spiro atoms. The number of fused-ring (bicyclic) bond motifs is 1. The van der Waals surface area contributed by atoms with Crippen molar-refractivity contribution in [3.05, 3.63) is 84.9 Å². The van der Waals surface area contributed by atoms with Gasteiger partial charge in [0.1, 0.15) is 5.01 Å². The quantitative estimate of drug-likeness (QED) is 0.461. The van der Waals surface area contributed by atoms with E-state index in [1.165, 1.54) is 37.2 Å². The van der Waals surface area contributed by atoms with Gasteiger partial charge in [-0.25, -0.2) is 4.98 Å². The highest BCUT2D eigenvalue weighted by Gasteiger charge is 2.14. The van der Waals surface area contributed by atoms with Crippen molar-refractivity contribution in [1.29, 1.82) is 0 Å². The van der Waals surface area contributed by atoms with Crippen LogP contribution in [-0.2, 0) is 19.5 Å². The zero-order valence-corrected chi connectivity index (χ0v) is 17.6. The minimum atomic E-state index is -0.116. The molecule has 1 aromatic carbocycles. The fourth-order valence-corrected chi connectivity index (χ4v) is 5.07. The van der Waals surface area contributed by atoms with Crippen LogP contribution in [0.25, 0.3) is 4.96 Å². The van der Waals surface area contributed by atoms with Crippen molar-refractivity contribution in [2.24, 2.45) is 0 Å². The van der Waals surface area contributed by atoms with Crippen molar-refractivity contribution in [2.45, 2.75) is 33.4 Å². The lowest BCUT2D eigenvalue weighted by molar-refractivity contribution is 0.261. The molecule has 0 N–H and O–H groups in total. The number of hydrogen-bond acceptors (Lipinski definition) is 6. The summed E-state index contributed by atoms with van der Waals surface area (Å²) in [5.74, 6) is 0. The van der Waals surface area contributed by atoms with Gasteiger partial charge < -0.3 is 0 Å². The summed E-state index contributed by atoms with van der Waals surface area (Å²) in [6.07, 6.45) is 0.980. The maximum Gasteiger partial charge on any atom is 0.275 e. The molecule has 0 radical (unpaired) electrons. The minimum Gasteiger partial charge on any atom is -0.291 e. The summed E-state index contributed by atoms with van der Waals surface area (Å²) < 4.78 is 1.41. The van der Waals surface area contributed by atoms with E-state index < -0.39 is 0 Å². The highest BCUT2D eigenvalue weighted by Crippen LogP contribution is 2.20. The van der Waals surface area contributed by atoms with Gasteiger partial charge in [0.05, 0.1) is 6.54 Å². The van der Waals surface area contributed by atoms with Crippen LogP contribution in [0.2, 0.25) is 0 Å². The van der Waals surface area contributed by atoms with E-state index in [0.29, 0.717) is 11.5 Å². The van der Waals surface area contributed by atoms with Gasteiger partial charge in [-0.3, -0.25) is 9.69 Å². The van der Waals surface area contributed by atoms with Crippen LogP contribution < -0.4 is 5.56 Å². The highest BCUT2D eigenvalue weighted by atomic mass is 32.1. The van der Waals surface area contributed by atoms with Gasteiger partial charge in [0.25, 0.3) is 5.56 Å². The summed E-state index contributed by atoms with van der Waals surface area (Å²) in [4.78, 5) is 22.3. The fourth-order valence-electron chi connectivity index (χ4n) is 3.15. The molecule has 4 rings (SSSR count). The smallest absolute Gasteiger partial charge is 0.275 e. The number of benzene rings is 1. The van der Waals surface area contributed by atoms with Crippen molar-refractivity contribution in [3.8, 4) is 0 Å². The van der Waals surface area contributed by atoms with Gasteiger partial charge >= 0.3 is 0 Å². The first-order chi connectivity index (χ1) is 13.6. The Morgan fingerprint density at radius 2 is 1.86 bits per heavy atom. The van der Waals surface area contributed by atoms with Crippen LogP contribution in [0.4, 0.5) is 0 Å². The van der Waals surface area contributed by atoms with E-state index in [9.17, 15) is 4.79 Å². The molecule has 0 atom stereocenters. The van der Waals surface area contributed by atoms with Crippen LogP contribution in [0.15, 0.2) is 53.3 Å². The third-order valence-corrected chi connectivity index (χ3v) is 6.39. The van der Waals surface area contributed by atoms with E-state index in [4.69, 9.17) is 0 Å². The Balaban J connectivity index is 1.55. The molecule has 3 heterocycles. The Morgan fingerprint density at radius 1 is 1.04 bits per heavy atom. The van der Waals surface area contributed by atoms with Crippen molar-refractivity contribution in [1.82, 2.24) is 19.5 Å².